The molecule has 0 saturated carbocycles. The van der Waals surface area contributed by atoms with Gasteiger partial charge in [0.15, 0.2) is 11.5 Å². The van der Waals surface area contributed by atoms with Crippen LogP contribution in [-0.4, -0.2) is 24.9 Å². The predicted octanol–water partition coefficient (Wildman–Crippen LogP) is 3.79. The zero-order chi connectivity index (χ0) is 15.9. The number of aromatic hydroxyl groups is 1. The van der Waals surface area contributed by atoms with Crippen LogP contribution in [0.1, 0.15) is 19.4 Å². The van der Waals surface area contributed by atoms with Crippen molar-refractivity contribution in [2.24, 2.45) is 0 Å². The highest BCUT2D eigenvalue weighted by Crippen LogP contribution is 2.49. The Balaban J connectivity index is 2.19. The van der Waals surface area contributed by atoms with Gasteiger partial charge in [-0.1, -0.05) is 18.2 Å². The first-order valence-corrected chi connectivity index (χ1v) is 7.22. The van der Waals surface area contributed by atoms with Crippen molar-refractivity contribution in [1.29, 1.82) is 0 Å². The second-order valence-corrected chi connectivity index (χ2v) is 6.03. The summed E-state index contributed by atoms with van der Waals surface area (Å²) < 4.78 is 16.6. The number of hydrogen-bond acceptors (Lipinski definition) is 4. The average molecular weight is 300 g/mol. The Labute approximate surface area is 130 Å². The fraction of sp³-hybridized carbons (Fsp3) is 0.333. The van der Waals surface area contributed by atoms with Crippen molar-refractivity contribution in [1.82, 2.24) is 0 Å². The first-order valence-electron chi connectivity index (χ1n) is 7.22. The lowest BCUT2D eigenvalue weighted by molar-refractivity contribution is 0.139. The minimum absolute atomic E-state index is 0.00244. The predicted molar refractivity (Wildman–Crippen MR) is 85.1 cm³/mol. The van der Waals surface area contributed by atoms with Crippen LogP contribution < -0.4 is 14.2 Å². The van der Waals surface area contributed by atoms with Gasteiger partial charge in [-0.05, 0) is 31.5 Å². The van der Waals surface area contributed by atoms with Crippen LogP contribution in [0.5, 0.6) is 23.0 Å². The van der Waals surface area contributed by atoms with E-state index in [9.17, 15) is 5.11 Å². The number of rotatable bonds is 3. The van der Waals surface area contributed by atoms with E-state index in [1.165, 1.54) is 19.8 Å². The average Bonchev–Trinajstić information content (AvgIpc) is 2.80. The SMILES string of the molecule is COc1ccc(-c2cccc3c2OC(C)(C)C3)c(OC)c1O. The molecule has 4 nitrogen and oxygen atoms in total. The van der Waals surface area contributed by atoms with Crippen molar-refractivity contribution in [3.63, 3.8) is 0 Å². The highest BCUT2D eigenvalue weighted by Gasteiger charge is 2.32. The van der Waals surface area contributed by atoms with Gasteiger partial charge in [0.2, 0.25) is 5.75 Å². The molecule has 0 unspecified atom stereocenters. The van der Waals surface area contributed by atoms with E-state index in [1.807, 2.05) is 18.2 Å². The minimum atomic E-state index is -0.222. The molecular formula is C18H20O4. The van der Waals surface area contributed by atoms with Gasteiger partial charge in [-0.2, -0.15) is 0 Å². The number of benzene rings is 2. The molecule has 0 aromatic heterocycles. The molecule has 3 rings (SSSR count). The lowest BCUT2D eigenvalue weighted by Gasteiger charge is -2.19. The van der Waals surface area contributed by atoms with Crippen molar-refractivity contribution >= 4 is 0 Å². The maximum absolute atomic E-state index is 10.3. The molecular weight excluding hydrogens is 280 g/mol. The van der Waals surface area contributed by atoms with E-state index in [-0.39, 0.29) is 11.4 Å². The molecule has 1 aliphatic rings. The fourth-order valence-corrected chi connectivity index (χ4v) is 2.96. The van der Waals surface area contributed by atoms with E-state index in [0.717, 1.165) is 23.3 Å². The lowest BCUT2D eigenvalue weighted by Crippen LogP contribution is -2.24. The first kappa shape index (κ1) is 14.6. The third-order valence-corrected chi connectivity index (χ3v) is 3.90. The Hall–Kier alpha value is -2.36. The quantitative estimate of drug-likeness (QED) is 0.937. The van der Waals surface area contributed by atoms with E-state index in [1.54, 1.807) is 6.07 Å². The summed E-state index contributed by atoms with van der Waals surface area (Å²) in [6.07, 6.45) is 0.862. The molecule has 22 heavy (non-hydrogen) atoms. The lowest BCUT2D eigenvalue weighted by atomic mass is 9.97. The monoisotopic (exact) mass is 300 g/mol. The van der Waals surface area contributed by atoms with Gasteiger partial charge in [-0.15, -0.1) is 0 Å². The Morgan fingerprint density at radius 2 is 1.82 bits per heavy atom. The zero-order valence-corrected chi connectivity index (χ0v) is 13.3. The maximum atomic E-state index is 10.3. The van der Waals surface area contributed by atoms with Crippen LogP contribution in [-0.2, 0) is 6.42 Å². The number of para-hydroxylation sites is 1. The molecule has 0 fully saturated rings. The van der Waals surface area contributed by atoms with Crippen molar-refractivity contribution in [3.8, 4) is 34.1 Å². The minimum Gasteiger partial charge on any atom is -0.502 e. The molecule has 2 aromatic carbocycles. The maximum Gasteiger partial charge on any atom is 0.201 e. The zero-order valence-electron chi connectivity index (χ0n) is 13.3. The van der Waals surface area contributed by atoms with Crippen LogP contribution in [0.3, 0.4) is 0 Å². The summed E-state index contributed by atoms with van der Waals surface area (Å²) in [6, 6.07) is 9.65. The third kappa shape index (κ3) is 2.25. The Morgan fingerprint density at radius 3 is 2.50 bits per heavy atom. The van der Waals surface area contributed by atoms with E-state index in [2.05, 4.69) is 19.9 Å². The number of hydrogen-bond donors (Lipinski definition) is 1. The molecule has 0 spiro atoms. The summed E-state index contributed by atoms with van der Waals surface area (Å²) in [7, 11) is 3.05. The van der Waals surface area contributed by atoms with E-state index in [0.29, 0.717) is 11.5 Å². The molecule has 0 amide bonds. The summed E-state index contributed by atoms with van der Waals surface area (Å²) in [5.74, 6) is 1.63. The van der Waals surface area contributed by atoms with Crippen molar-refractivity contribution in [2.75, 3.05) is 14.2 Å². The van der Waals surface area contributed by atoms with Gasteiger partial charge in [0.25, 0.3) is 0 Å². The standard InChI is InChI=1S/C18H20O4/c1-18(2)10-11-6-5-7-12(16(11)22-18)13-8-9-14(20-3)15(19)17(13)21-4/h5-9,19H,10H2,1-4H3. The van der Waals surface area contributed by atoms with E-state index >= 15 is 0 Å². The van der Waals surface area contributed by atoms with Crippen molar-refractivity contribution < 1.29 is 19.3 Å². The Kier molecular flexibility index (Phi) is 3.39. The molecule has 0 aliphatic carbocycles. The van der Waals surface area contributed by atoms with Crippen LogP contribution in [0, 0.1) is 0 Å². The van der Waals surface area contributed by atoms with Gasteiger partial charge in [-0.25, -0.2) is 0 Å². The molecule has 0 atom stereocenters. The van der Waals surface area contributed by atoms with Crippen LogP contribution in [0.4, 0.5) is 0 Å². The van der Waals surface area contributed by atoms with Crippen LogP contribution >= 0.6 is 0 Å². The number of methoxy groups -OCH3 is 2. The normalized spacial score (nSPS) is 15.1. The Bertz CT molecular complexity index is 719. The number of ether oxygens (including phenoxy) is 3. The summed E-state index contributed by atoms with van der Waals surface area (Å²) >= 11 is 0. The summed E-state index contributed by atoms with van der Waals surface area (Å²) in [4.78, 5) is 0. The highest BCUT2D eigenvalue weighted by molar-refractivity contribution is 5.81. The van der Waals surface area contributed by atoms with Gasteiger partial charge < -0.3 is 19.3 Å². The van der Waals surface area contributed by atoms with Crippen molar-refractivity contribution in [3.05, 3.63) is 35.9 Å². The molecule has 2 aromatic rings. The molecule has 0 saturated heterocycles. The van der Waals surface area contributed by atoms with Crippen LogP contribution in [0.15, 0.2) is 30.3 Å². The van der Waals surface area contributed by atoms with Crippen LogP contribution in [0.25, 0.3) is 11.1 Å². The second kappa shape index (κ2) is 5.13. The van der Waals surface area contributed by atoms with Gasteiger partial charge >= 0.3 is 0 Å². The van der Waals surface area contributed by atoms with Gasteiger partial charge in [0.05, 0.1) is 14.2 Å². The third-order valence-electron chi connectivity index (χ3n) is 3.90. The number of fused-ring (bicyclic) bond motifs is 1. The summed E-state index contributed by atoms with van der Waals surface area (Å²) in [5.41, 5.74) is 2.65. The molecule has 4 heteroatoms. The second-order valence-electron chi connectivity index (χ2n) is 6.03. The van der Waals surface area contributed by atoms with E-state index in [4.69, 9.17) is 14.2 Å². The van der Waals surface area contributed by atoms with Crippen LogP contribution in [0.2, 0.25) is 0 Å². The molecule has 0 radical (unpaired) electrons. The molecule has 1 aliphatic heterocycles. The van der Waals surface area contributed by atoms with Gasteiger partial charge in [0.1, 0.15) is 11.4 Å². The Morgan fingerprint density at radius 1 is 1.05 bits per heavy atom. The number of phenols is 1. The number of phenolic OH excluding ortho intramolecular Hbond substituents is 1. The first-order chi connectivity index (χ1) is 10.5. The summed E-state index contributed by atoms with van der Waals surface area (Å²) in [6.45, 7) is 4.14. The van der Waals surface area contributed by atoms with Gasteiger partial charge in [0, 0.05) is 17.5 Å². The molecule has 1 heterocycles. The molecule has 0 bridgehead atoms. The topological polar surface area (TPSA) is 47.9 Å². The summed E-state index contributed by atoms with van der Waals surface area (Å²) in [5, 5.41) is 10.3. The van der Waals surface area contributed by atoms with E-state index < -0.39 is 0 Å². The smallest absolute Gasteiger partial charge is 0.201 e. The molecule has 1 N–H and O–H groups in total. The largest absolute Gasteiger partial charge is 0.502 e. The fourth-order valence-electron chi connectivity index (χ4n) is 2.96. The van der Waals surface area contributed by atoms with Crippen molar-refractivity contribution in [2.45, 2.75) is 25.9 Å². The molecule has 116 valence electrons. The van der Waals surface area contributed by atoms with Gasteiger partial charge in [-0.3, -0.25) is 0 Å². The highest BCUT2D eigenvalue weighted by atomic mass is 16.5.